The number of halogens is 3. The monoisotopic (exact) mass is 359 g/mol. The SMILES string of the molecule is CC1([C@@H]2C[C@H](F)c3nc(S(=O)(=O)[C@H]4C[C@@H]4F)nn32)C=CC(F)=CC1. The van der Waals surface area contributed by atoms with Crippen LogP contribution >= 0.6 is 0 Å². The molecule has 0 aromatic carbocycles. The van der Waals surface area contributed by atoms with Crippen LogP contribution in [-0.4, -0.2) is 34.6 Å². The zero-order valence-corrected chi connectivity index (χ0v) is 13.7. The van der Waals surface area contributed by atoms with Crippen molar-refractivity contribution in [1.29, 1.82) is 0 Å². The van der Waals surface area contributed by atoms with Crippen LogP contribution in [0.25, 0.3) is 0 Å². The van der Waals surface area contributed by atoms with Crippen LogP contribution in [-0.2, 0) is 9.84 Å². The van der Waals surface area contributed by atoms with Gasteiger partial charge in [0.15, 0.2) is 12.0 Å². The van der Waals surface area contributed by atoms with E-state index in [1.807, 2.05) is 6.92 Å². The number of hydrogen-bond donors (Lipinski definition) is 0. The van der Waals surface area contributed by atoms with Gasteiger partial charge in [-0.3, -0.25) is 0 Å². The second-order valence-electron chi connectivity index (χ2n) is 6.88. The van der Waals surface area contributed by atoms with E-state index in [1.54, 1.807) is 6.08 Å². The summed E-state index contributed by atoms with van der Waals surface area (Å²) in [5.41, 5.74) is -0.595. The fourth-order valence-electron chi connectivity index (χ4n) is 3.40. The van der Waals surface area contributed by atoms with E-state index in [2.05, 4.69) is 10.1 Å². The summed E-state index contributed by atoms with van der Waals surface area (Å²) in [7, 11) is -3.97. The van der Waals surface area contributed by atoms with Crippen LogP contribution in [0.1, 0.15) is 44.2 Å². The maximum Gasteiger partial charge on any atom is 0.267 e. The average Bonchev–Trinajstić information content (AvgIpc) is 2.98. The summed E-state index contributed by atoms with van der Waals surface area (Å²) >= 11 is 0. The highest BCUT2D eigenvalue weighted by atomic mass is 32.2. The molecule has 1 aromatic heterocycles. The van der Waals surface area contributed by atoms with E-state index in [9.17, 15) is 21.6 Å². The fourth-order valence-corrected chi connectivity index (χ4v) is 4.92. The van der Waals surface area contributed by atoms with E-state index in [0.717, 1.165) is 0 Å². The number of allylic oxidation sites excluding steroid dienone is 4. The fraction of sp³-hybridized carbons (Fsp3) is 0.600. The van der Waals surface area contributed by atoms with Crippen molar-refractivity contribution in [2.45, 2.75) is 55.0 Å². The molecule has 130 valence electrons. The molecule has 9 heteroatoms. The highest BCUT2D eigenvalue weighted by Gasteiger charge is 2.52. The van der Waals surface area contributed by atoms with Crippen molar-refractivity contribution in [2.24, 2.45) is 5.41 Å². The first kappa shape index (κ1) is 15.9. The molecule has 3 aliphatic rings. The van der Waals surface area contributed by atoms with Crippen LogP contribution in [0.4, 0.5) is 13.2 Å². The van der Waals surface area contributed by atoms with Gasteiger partial charge in [0.2, 0.25) is 9.84 Å². The van der Waals surface area contributed by atoms with Gasteiger partial charge in [-0.15, -0.1) is 5.10 Å². The van der Waals surface area contributed by atoms with Gasteiger partial charge < -0.3 is 0 Å². The largest absolute Gasteiger partial charge is 0.267 e. The van der Waals surface area contributed by atoms with E-state index in [0.29, 0.717) is 6.42 Å². The number of aromatic nitrogens is 3. The van der Waals surface area contributed by atoms with Gasteiger partial charge in [0.05, 0.1) is 6.04 Å². The third-order valence-corrected chi connectivity index (χ3v) is 7.04. The molecule has 0 bridgehead atoms. The van der Waals surface area contributed by atoms with Gasteiger partial charge in [-0.2, -0.15) is 4.98 Å². The second-order valence-corrected chi connectivity index (χ2v) is 8.94. The van der Waals surface area contributed by atoms with E-state index in [-0.39, 0.29) is 24.5 Å². The maximum absolute atomic E-state index is 14.4. The van der Waals surface area contributed by atoms with E-state index in [4.69, 9.17) is 0 Å². The van der Waals surface area contributed by atoms with Gasteiger partial charge in [0, 0.05) is 11.8 Å². The van der Waals surface area contributed by atoms with Crippen molar-refractivity contribution in [3.8, 4) is 0 Å². The van der Waals surface area contributed by atoms with Gasteiger partial charge in [-0.25, -0.2) is 26.3 Å². The average molecular weight is 359 g/mol. The highest BCUT2D eigenvalue weighted by Crippen LogP contribution is 2.50. The van der Waals surface area contributed by atoms with Gasteiger partial charge in [-0.1, -0.05) is 13.0 Å². The summed E-state index contributed by atoms with van der Waals surface area (Å²) < 4.78 is 66.5. The summed E-state index contributed by atoms with van der Waals surface area (Å²) in [4.78, 5) is 3.84. The molecule has 2 aliphatic carbocycles. The molecule has 2 heterocycles. The molecule has 0 N–H and O–H groups in total. The van der Waals surface area contributed by atoms with E-state index >= 15 is 0 Å². The predicted octanol–water partition coefficient (Wildman–Crippen LogP) is 2.94. The molecular weight excluding hydrogens is 343 g/mol. The molecule has 1 fully saturated rings. The van der Waals surface area contributed by atoms with Crippen molar-refractivity contribution in [3.63, 3.8) is 0 Å². The summed E-state index contributed by atoms with van der Waals surface area (Å²) in [5.74, 6) is -0.411. The molecule has 24 heavy (non-hydrogen) atoms. The van der Waals surface area contributed by atoms with Crippen molar-refractivity contribution < 1.29 is 21.6 Å². The number of sulfone groups is 1. The molecule has 1 aromatic rings. The molecule has 1 unspecified atom stereocenters. The lowest BCUT2D eigenvalue weighted by molar-refractivity contribution is 0.215. The first-order valence-corrected chi connectivity index (χ1v) is 9.30. The molecule has 0 spiro atoms. The van der Waals surface area contributed by atoms with Gasteiger partial charge in [-0.05, 0) is 25.0 Å². The first-order chi connectivity index (χ1) is 11.2. The quantitative estimate of drug-likeness (QED) is 0.832. The third kappa shape index (κ3) is 2.24. The number of hydrogen-bond acceptors (Lipinski definition) is 4. The van der Waals surface area contributed by atoms with Crippen LogP contribution in [0.15, 0.2) is 29.2 Å². The van der Waals surface area contributed by atoms with Gasteiger partial charge in [0.1, 0.15) is 17.2 Å². The zero-order valence-electron chi connectivity index (χ0n) is 12.9. The van der Waals surface area contributed by atoms with Crippen molar-refractivity contribution in [2.75, 3.05) is 0 Å². The molecule has 0 amide bonds. The Morgan fingerprint density at radius 2 is 2.04 bits per heavy atom. The molecule has 1 saturated carbocycles. The zero-order chi connectivity index (χ0) is 17.3. The minimum absolute atomic E-state index is 0.0562. The Bertz CT molecular complexity index is 863. The Hall–Kier alpha value is -1.64. The van der Waals surface area contributed by atoms with Crippen LogP contribution in [0.5, 0.6) is 0 Å². The molecule has 5 nitrogen and oxygen atoms in total. The van der Waals surface area contributed by atoms with Crippen LogP contribution in [0.3, 0.4) is 0 Å². The Balaban J connectivity index is 1.71. The molecule has 0 saturated heterocycles. The minimum Gasteiger partial charge on any atom is -0.246 e. The lowest BCUT2D eigenvalue weighted by Gasteiger charge is -2.33. The number of nitrogens with zero attached hydrogens (tertiary/aromatic N) is 3. The minimum atomic E-state index is -3.97. The number of rotatable bonds is 3. The predicted molar refractivity (Wildman–Crippen MR) is 79.1 cm³/mol. The summed E-state index contributed by atoms with van der Waals surface area (Å²) in [6, 6.07) is -0.472. The third-order valence-electron chi connectivity index (χ3n) is 5.08. The van der Waals surface area contributed by atoms with Gasteiger partial charge >= 0.3 is 0 Å². The number of alkyl halides is 2. The molecule has 1 aliphatic heterocycles. The van der Waals surface area contributed by atoms with Crippen LogP contribution in [0, 0.1) is 5.41 Å². The molecule has 4 rings (SSSR count). The van der Waals surface area contributed by atoms with Crippen molar-refractivity contribution in [1.82, 2.24) is 14.8 Å². The molecular formula is C15H16F3N3O2S. The van der Waals surface area contributed by atoms with E-state index < -0.39 is 44.0 Å². The van der Waals surface area contributed by atoms with Crippen molar-refractivity contribution in [3.05, 3.63) is 29.9 Å². The molecule has 0 radical (unpaired) electrons. The standard InChI is InChI=1S/C15H16F3N3O2S/c1-15(4-2-8(16)3-5-15)12-7-10(18)13-19-14(20-21(12)13)24(22,23)11-6-9(11)17/h2-4,9-12H,5-7H2,1H3/t9-,10-,11-,12-,15?/m0/s1. The summed E-state index contributed by atoms with van der Waals surface area (Å²) in [5, 5.41) is 2.35. The smallest absolute Gasteiger partial charge is 0.246 e. The second kappa shape index (κ2) is 4.93. The van der Waals surface area contributed by atoms with Gasteiger partial charge in [0.25, 0.3) is 5.16 Å². The normalized spacial score (nSPS) is 38.1. The summed E-state index contributed by atoms with van der Waals surface area (Å²) in [6.07, 6.45) is 1.91. The van der Waals surface area contributed by atoms with E-state index in [1.165, 1.54) is 16.8 Å². The van der Waals surface area contributed by atoms with Crippen LogP contribution in [0.2, 0.25) is 0 Å². The first-order valence-electron chi connectivity index (χ1n) is 7.76. The maximum atomic E-state index is 14.4. The lowest BCUT2D eigenvalue weighted by atomic mass is 9.76. The van der Waals surface area contributed by atoms with Crippen molar-refractivity contribution >= 4 is 9.84 Å². The lowest BCUT2D eigenvalue weighted by Crippen LogP contribution is -2.28. The Morgan fingerprint density at radius 3 is 2.62 bits per heavy atom. The summed E-state index contributed by atoms with van der Waals surface area (Å²) in [6.45, 7) is 1.84. The highest BCUT2D eigenvalue weighted by molar-refractivity contribution is 7.92. The topological polar surface area (TPSA) is 64.8 Å². The Kier molecular flexibility index (Phi) is 3.26. The Labute approximate surface area is 137 Å². The number of fused-ring (bicyclic) bond motifs is 1. The molecule has 5 atom stereocenters. The Morgan fingerprint density at radius 1 is 1.33 bits per heavy atom. The van der Waals surface area contributed by atoms with Crippen LogP contribution < -0.4 is 0 Å².